The fraction of sp³-hybridized carbons (Fsp3) is 0.583. The van der Waals surface area contributed by atoms with Gasteiger partial charge in [-0.15, -0.1) is 0 Å². The topological polar surface area (TPSA) is 71.1 Å². The molecule has 1 heterocycles. The molecular formula is C12H21N3O2S. The molecule has 0 aliphatic rings. The third-order valence-corrected chi connectivity index (χ3v) is 4.31. The first-order chi connectivity index (χ1) is 8.45. The van der Waals surface area contributed by atoms with E-state index in [2.05, 4.69) is 15.0 Å². The largest absolute Gasteiger partial charge is 0.315 e. The Hall–Kier alpha value is -1.14. The van der Waals surface area contributed by atoms with Crippen LogP contribution in [0.25, 0.3) is 0 Å². The second-order valence-corrected chi connectivity index (χ2v) is 6.45. The molecule has 5 nitrogen and oxygen atoms in total. The predicted octanol–water partition coefficient (Wildman–Crippen LogP) is 1.52. The molecule has 1 unspecified atom stereocenters. The monoisotopic (exact) mass is 271 g/mol. The van der Waals surface area contributed by atoms with E-state index in [1.165, 1.54) is 6.20 Å². The highest BCUT2D eigenvalue weighted by Crippen LogP contribution is 2.10. The zero-order chi connectivity index (χ0) is 13.6. The minimum Gasteiger partial charge on any atom is -0.315 e. The third-order valence-electron chi connectivity index (χ3n) is 2.56. The number of nitrogens with one attached hydrogen (secondary N) is 2. The number of rotatable bonds is 7. The second kappa shape index (κ2) is 6.70. The van der Waals surface area contributed by atoms with Crippen LogP contribution in [0.15, 0.2) is 18.3 Å². The SMILES string of the molecule is CCCNCC(C)S(=O)(=O)Nc1ccc(C)nc1. The Balaban J connectivity index is 2.60. The van der Waals surface area contributed by atoms with E-state index >= 15 is 0 Å². The Bertz CT molecular complexity index is 457. The van der Waals surface area contributed by atoms with Crippen LogP contribution >= 0.6 is 0 Å². The average Bonchev–Trinajstić information content (AvgIpc) is 2.32. The van der Waals surface area contributed by atoms with Gasteiger partial charge in [0, 0.05) is 12.2 Å². The molecule has 1 aromatic rings. The summed E-state index contributed by atoms with van der Waals surface area (Å²) in [5.74, 6) is 0. The van der Waals surface area contributed by atoms with Gasteiger partial charge in [0.2, 0.25) is 10.0 Å². The molecular weight excluding hydrogens is 250 g/mol. The number of nitrogens with zero attached hydrogens (tertiary/aromatic N) is 1. The quantitative estimate of drug-likeness (QED) is 0.738. The van der Waals surface area contributed by atoms with Crippen LogP contribution in [0, 0.1) is 6.92 Å². The first kappa shape index (κ1) is 14.9. The second-order valence-electron chi connectivity index (χ2n) is 4.35. The molecule has 1 atom stereocenters. The summed E-state index contributed by atoms with van der Waals surface area (Å²) in [6, 6.07) is 3.49. The van der Waals surface area contributed by atoms with Crippen molar-refractivity contribution in [3.05, 3.63) is 24.0 Å². The van der Waals surface area contributed by atoms with Gasteiger partial charge in [0.05, 0.1) is 17.1 Å². The lowest BCUT2D eigenvalue weighted by atomic mass is 10.4. The maximum absolute atomic E-state index is 12.0. The third kappa shape index (κ3) is 4.62. The van der Waals surface area contributed by atoms with Gasteiger partial charge in [-0.1, -0.05) is 6.92 Å². The Kier molecular flexibility index (Phi) is 5.55. The number of aromatic nitrogens is 1. The maximum atomic E-state index is 12.0. The Morgan fingerprint density at radius 3 is 2.67 bits per heavy atom. The van der Waals surface area contributed by atoms with E-state index in [4.69, 9.17) is 0 Å². The van der Waals surface area contributed by atoms with E-state index in [-0.39, 0.29) is 0 Å². The number of sulfonamides is 1. The van der Waals surface area contributed by atoms with Gasteiger partial charge in [0.1, 0.15) is 0 Å². The van der Waals surface area contributed by atoms with Crippen LogP contribution in [-0.4, -0.2) is 31.7 Å². The molecule has 2 N–H and O–H groups in total. The van der Waals surface area contributed by atoms with Crippen molar-refractivity contribution in [3.63, 3.8) is 0 Å². The number of anilines is 1. The van der Waals surface area contributed by atoms with Crippen LogP contribution in [0.5, 0.6) is 0 Å². The summed E-state index contributed by atoms with van der Waals surface area (Å²) in [4.78, 5) is 4.06. The smallest absolute Gasteiger partial charge is 0.236 e. The Labute approximate surface area is 109 Å². The fourth-order valence-corrected chi connectivity index (χ4v) is 2.37. The molecule has 18 heavy (non-hydrogen) atoms. The summed E-state index contributed by atoms with van der Waals surface area (Å²) in [7, 11) is -3.36. The van der Waals surface area contributed by atoms with Gasteiger partial charge in [-0.2, -0.15) is 0 Å². The standard InChI is InChI=1S/C12H21N3O2S/c1-4-7-13-8-11(3)18(16,17)15-12-6-5-10(2)14-9-12/h5-6,9,11,13,15H,4,7-8H2,1-3H3. The molecule has 0 aliphatic carbocycles. The summed E-state index contributed by atoms with van der Waals surface area (Å²) in [6.07, 6.45) is 2.52. The van der Waals surface area contributed by atoms with Crippen LogP contribution < -0.4 is 10.0 Å². The molecule has 0 aliphatic heterocycles. The van der Waals surface area contributed by atoms with E-state index in [0.29, 0.717) is 12.2 Å². The van der Waals surface area contributed by atoms with Gasteiger partial charge in [-0.25, -0.2) is 8.42 Å². The van der Waals surface area contributed by atoms with E-state index in [1.54, 1.807) is 19.1 Å². The minimum atomic E-state index is -3.36. The lowest BCUT2D eigenvalue weighted by Crippen LogP contribution is -2.35. The zero-order valence-corrected chi connectivity index (χ0v) is 11.9. The molecule has 0 spiro atoms. The first-order valence-corrected chi connectivity index (χ1v) is 7.65. The summed E-state index contributed by atoms with van der Waals surface area (Å²) >= 11 is 0. The molecule has 0 radical (unpaired) electrons. The van der Waals surface area contributed by atoms with Gasteiger partial charge in [0.25, 0.3) is 0 Å². The molecule has 1 rings (SSSR count). The lowest BCUT2D eigenvalue weighted by molar-refractivity contribution is 0.575. The molecule has 0 bridgehead atoms. The number of hydrogen-bond donors (Lipinski definition) is 2. The van der Waals surface area contributed by atoms with Gasteiger partial charge in [-0.3, -0.25) is 9.71 Å². The molecule has 102 valence electrons. The van der Waals surface area contributed by atoms with Gasteiger partial charge in [-0.05, 0) is 38.9 Å². The molecule has 0 fully saturated rings. The van der Waals surface area contributed by atoms with Crippen molar-refractivity contribution < 1.29 is 8.42 Å². The highest BCUT2D eigenvalue weighted by Gasteiger charge is 2.20. The van der Waals surface area contributed by atoms with Crippen LogP contribution in [0.2, 0.25) is 0 Å². The summed E-state index contributed by atoms with van der Waals surface area (Å²) in [6.45, 7) is 6.86. The molecule has 0 saturated heterocycles. The zero-order valence-electron chi connectivity index (χ0n) is 11.1. The van der Waals surface area contributed by atoms with Crippen LogP contribution in [0.1, 0.15) is 26.0 Å². The van der Waals surface area contributed by atoms with Crippen molar-refractivity contribution in [3.8, 4) is 0 Å². The summed E-state index contributed by atoms with van der Waals surface area (Å²) in [5, 5.41) is 2.62. The van der Waals surface area contributed by atoms with Crippen molar-refractivity contribution in [2.45, 2.75) is 32.4 Å². The van der Waals surface area contributed by atoms with E-state index in [1.807, 2.05) is 13.8 Å². The highest BCUT2D eigenvalue weighted by molar-refractivity contribution is 7.93. The Morgan fingerprint density at radius 1 is 1.39 bits per heavy atom. The van der Waals surface area contributed by atoms with Crippen molar-refractivity contribution in [2.24, 2.45) is 0 Å². The van der Waals surface area contributed by atoms with Crippen LogP contribution in [0.4, 0.5) is 5.69 Å². The highest BCUT2D eigenvalue weighted by atomic mass is 32.2. The lowest BCUT2D eigenvalue weighted by Gasteiger charge is -2.15. The van der Waals surface area contributed by atoms with E-state index in [0.717, 1.165) is 18.7 Å². The van der Waals surface area contributed by atoms with Crippen molar-refractivity contribution in [1.82, 2.24) is 10.3 Å². The fourth-order valence-electron chi connectivity index (χ4n) is 1.38. The van der Waals surface area contributed by atoms with Crippen molar-refractivity contribution in [2.75, 3.05) is 17.8 Å². The van der Waals surface area contributed by atoms with Gasteiger partial charge < -0.3 is 5.32 Å². The van der Waals surface area contributed by atoms with Crippen molar-refractivity contribution in [1.29, 1.82) is 0 Å². The molecule has 6 heteroatoms. The van der Waals surface area contributed by atoms with Gasteiger partial charge >= 0.3 is 0 Å². The van der Waals surface area contributed by atoms with E-state index in [9.17, 15) is 8.42 Å². The molecule has 0 aromatic carbocycles. The van der Waals surface area contributed by atoms with E-state index < -0.39 is 15.3 Å². The van der Waals surface area contributed by atoms with Crippen molar-refractivity contribution >= 4 is 15.7 Å². The number of aryl methyl sites for hydroxylation is 1. The molecule has 0 amide bonds. The minimum absolute atomic E-state index is 0.447. The van der Waals surface area contributed by atoms with Crippen LogP contribution in [0.3, 0.4) is 0 Å². The summed E-state index contributed by atoms with van der Waals surface area (Å²) in [5.41, 5.74) is 1.36. The first-order valence-electron chi connectivity index (χ1n) is 6.10. The Morgan fingerprint density at radius 2 is 2.11 bits per heavy atom. The van der Waals surface area contributed by atoms with Gasteiger partial charge in [0.15, 0.2) is 0 Å². The van der Waals surface area contributed by atoms with Crippen LogP contribution in [-0.2, 0) is 10.0 Å². The predicted molar refractivity (Wildman–Crippen MR) is 74.1 cm³/mol. The number of hydrogen-bond acceptors (Lipinski definition) is 4. The molecule has 1 aromatic heterocycles. The summed E-state index contributed by atoms with van der Waals surface area (Å²) < 4.78 is 26.5. The normalized spacial score (nSPS) is 13.3. The molecule has 0 saturated carbocycles. The average molecular weight is 271 g/mol. The number of pyridine rings is 1. The maximum Gasteiger partial charge on any atom is 0.236 e.